The lowest BCUT2D eigenvalue weighted by molar-refractivity contribution is 0.291. The predicted molar refractivity (Wildman–Crippen MR) is 73.6 cm³/mol. The molecule has 1 aromatic rings. The maximum Gasteiger partial charge on any atom is 0.130 e. The second-order valence-corrected chi connectivity index (χ2v) is 4.30. The summed E-state index contributed by atoms with van der Waals surface area (Å²) in [6, 6.07) is 10.1. The van der Waals surface area contributed by atoms with Crippen molar-refractivity contribution >= 4 is 0 Å². The molecule has 0 spiro atoms. The van der Waals surface area contributed by atoms with Crippen LogP contribution in [0.2, 0.25) is 0 Å². The Kier molecular flexibility index (Phi) is 6.90. The van der Waals surface area contributed by atoms with Gasteiger partial charge in [-0.3, -0.25) is 5.32 Å². The molecular weight excluding hydrogens is 224 g/mol. The predicted octanol–water partition coefficient (Wildman–Crippen LogP) is 2.91. The molecule has 0 heterocycles. The fourth-order valence-corrected chi connectivity index (χ4v) is 1.70. The summed E-state index contributed by atoms with van der Waals surface area (Å²) in [5.41, 5.74) is 1.34. The molecule has 1 aromatic carbocycles. The molecule has 0 saturated heterocycles. The van der Waals surface area contributed by atoms with Gasteiger partial charge in [-0.1, -0.05) is 32.4 Å². The minimum absolute atomic E-state index is 0.241. The molecular formula is C15H22N2O. The van der Waals surface area contributed by atoms with Gasteiger partial charge >= 0.3 is 0 Å². The van der Waals surface area contributed by atoms with Gasteiger partial charge in [-0.05, 0) is 37.1 Å². The lowest BCUT2D eigenvalue weighted by atomic mass is 10.1. The third-order valence-corrected chi connectivity index (χ3v) is 2.77. The first-order chi connectivity index (χ1) is 8.80. The van der Waals surface area contributed by atoms with E-state index < -0.39 is 0 Å². The lowest BCUT2D eigenvalue weighted by Crippen LogP contribution is -2.32. The average Bonchev–Trinajstić information content (AvgIpc) is 2.42. The molecule has 18 heavy (non-hydrogen) atoms. The summed E-state index contributed by atoms with van der Waals surface area (Å²) in [7, 11) is 0. The molecule has 98 valence electrons. The number of nitriles is 1. The van der Waals surface area contributed by atoms with Crippen LogP contribution in [0.15, 0.2) is 24.3 Å². The van der Waals surface area contributed by atoms with E-state index in [2.05, 4.69) is 30.4 Å². The van der Waals surface area contributed by atoms with Crippen LogP contribution < -0.4 is 10.1 Å². The third-order valence-electron chi connectivity index (χ3n) is 2.77. The highest BCUT2D eigenvalue weighted by Crippen LogP contribution is 2.14. The minimum Gasteiger partial charge on any atom is -0.491 e. The Balaban J connectivity index is 2.41. The zero-order chi connectivity index (χ0) is 13.2. The number of likely N-dealkylation sites (N-methyl/N-ethyl adjacent to an activating group) is 1. The summed E-state index contributed by atoms with van der Waals surface area (Å²) in [6.45, 7) is 5.34. The molecule has 3 nitrogen and oxygen atoms in total. The topological polar surface area (TPSA) is 45.0 Å². The number of hydrogen-bond acceptors (Lipinski definition) is 3. The van der Waals surface area contributed by atoms with Crippen LogP contribution in [0.1, 0.15) is 32.3 Å². The molecule has 0 radical (unpaired) electrons. The largest absolute Gasteiger partial charge is 0.491 e. The van der Waals surface area contributed by atoms with E-state index >= 15 is 0 Å². The van der Waals surface area contributed by atoms with Gasteiger partial charge in [0, 0.05) is 0 Å². The monoisotopic (exact) mass is 246 g/mol. The van der Waals surface area contributed by atoms with E-state index in [4.69, 9.17) is 10.00 Å². The van der Waals surface area contributed by atoms with E-state index in [1.165, 1.54) is 18.4 Å². The molecule has 1 unspecified atom stereocenters. The molecule has 0 aliphatic heterocycles. The van der Waals surface area contributed by atoms with Gasteiger partial charge in [-0.25, -0.2) is 0 Å². The van der Waals surface area contributed by atoms with E-state index in [9.17, 15) is 0 Å². The first-order valence-electron chi connectivity index (χ1n) is 6.64. The highest BCUT2D eigenvalue weighted by Gasteiger charge is 2.05. The van der Waals surface area contributed by atoms with Crippen molar-refractivity contribution in [3.63, 3.8) is 0 Å². The maximum atomic E-state index is 8.88. The van der Waals surface area contributed by atoms with Crippen LogP contribution in [0.25, 0.3) is 0 Å². The second kappa shape index (κ2) is 8.54. The molecule has 0 fully saturated rings. The summed E-state index contributed by atoms with van der Waals surface area (Å²) in [5.74, 6) is 0.827. The molecule has 1 N–H and O–H groups in total. The fourth-order valence-electron chi connectivity index (χ4n) is 1.70. The maximum absolute atomic E-state index is 8.88. The molecule has 0 aromatic heterocycles. The van der Waals surface area contributed by atoms with Crippen LogP contribution in [0, 0.1) is 11.3 Å². The van der Waals surface area contributed by atoms with Gasteiger partial charge in [0.1, 0.15) is 18.4 Å². The van der Waals surface area contributed by atoms with E-state index in [-0.39, 0.29) is 6.04 Å². The van der Waals surface area contributed by atoms with Gasteiger partial charge < -0.3 is 4.74 Å². The molecule has 0 saturated carbocycles. The van der Waals surface area contributed by atoms with Crippen molar-refractivity contribution in [1.29, 1.82) is 5.26 Å². The summed E-state index contributed by atoms with van der Waals surface area (Å²) in [5, 5.41) is 11.9. The molecule has 1 atom stereocenters. The SMILES string of the molecule is CCCCc1ccc(OCC(C#N)NCC)cc1. The third kappa shape index (κ3) is 5.20. The van der Waals surface area contributed by atoms with Crippen molar-refractivity contribution in [2.24, 2.45) is 0 Å². The van der Waals surface area contributed by atoms with Crippen LogP contribution in [0.3, 0.4) is 0 Å². The quantitative estimate of drug-likeness (QED) is 0.767. The minimum atomic E-state index is -0.241. The number of ether oxygens (including phenoxy) is 1. The Labute approximate surface area is 110 Å². The number of nitrogens with one attached hydrogen (secondary N) is 1. The van der Waals surface area contributed by atoms with E-state index in [1.807, 2.05) is 19.1 Å². The van der Waals surface area contributed by atoms with Crippen LogP contribution >= 0.6 is 0 Å². The molecule has 0 bridgehead atoms. The van der Waals surface area contributed by atoms with Gasteiger partial charge in [0.25, 0.3) is 0 Å². The van der Waals surface area contributed by atoms with Gasteiger partial charge in [-0.15, -0.1) is 0 Å². The van der Waals surface area contributed by atoms with E-state index in [0.29, 0.717) is 6.61 Å². The molecule has 0 amide bonds. The summed E-state index contributed by atoms with van der Waals surface area (Å²) >= 11 is 0. The number of benzene rings is 1. The van der Waals surface area contributed by atoms with Gasteiger partial charge in [0.15, 0.2) is 0 Å². The number of aryl methyl sites for hydroxylation is 1. The second-order valence-electron chi connectivity index (χ2n) is 4.30. The lowest BCUT2D eigenvalue weighted by Gasteiger charge is -2.11. The van der Waals surface area contributed by atoms with Crippen molar-refractivity contribution in [2.75, 3.05) is 13.2 Å². The van der Waals surface area contributed by atoms with Crippen molar-refractivity contribution in [1.82, 2.24) is 5.32 Å². The zero-order valence-electron chi connectivity index (χ0n) is 11.3. The fraction of sp³-hybridized carbons (Fsp3) is 0.533. The first-order valence-corrected chi connectivity index (χ1v) is 6.64. The molecule has 1 rings (SSSR count). The smallest absolute Gasteiger partial charge is 0.130 e. The normalized spacial score (nSPS) is 11.8. The Morgan fingerprint density at radius 3 is 2.56 bits per heavy atom. The van der Waals surface area contributed by atoms with Crippen LogP contribution in [0.5, 0.6) is 5.75 Å². The van der Waals surface area contributed by atoms with E-state index in [1.54, 1.807) is 0 Å². The summed E-state index contributed by atoms with van der Waals surface area (Å²) in [6.07, 6.45) is 3.55. The highest BCUT2D eigenvalue weighted by molar-refractivity contribution is 5.27. The highest BCUT2D eigenvalue weighted by atomic mass is 16.5. The van der Waals surface area contributed by atoms with Gasteiger partial charge in [0.2, 0.25) is 0 Å². The van der Waals surface area contributed by atoms with E-state index in [0.717, 1.165) is 18.7 Å². The Hall–Kier alpha value is -1.53. The van der Waals surface area contributed by atoms with Crippen LogP contribution in [-0.4, -0.2) is 19.2 Å². The molecule has 0 aliphatic rings. The van der Waals surface area contributed by atoms with Crippen molar-refractivity contribution in [2.45, 2.75) is 39.2 Å². The first kappa shape index (κ1) is 14.5. The molecule has 3 heteroatoms. The van der Waals surface area contributed by atoms with Crippen molar-refractivity contribution < 1.29 is 4.74 Å². The Bertz CT molecular complexity index is 367. The van der Waals surface area contributed by atoms with Crippen molar-refractivity contribution in [3.05, 3.63) is 29.8 Å². The summed E-state index contributed by atoms with van der Waals surface area (Å²) < 4.78 is 5.59. The number of rotatable bonds is 8. The van der Waals surface area contributed by atoms with Crippen molar-refractivity contribution in [3.8, 4) is 11.8 Å². The average molecular weight is 246 g/mol. The standard InChI is InChI=1S/C15H22N2O/c1-3-5-6-13-7-9-15(10-8-13)18-12-14(11-16)17-4-2/h7-10,14,17H,3-6,12H2,1-2H3. The summed E-state index contributed by atoms with van der Waals surface area (Å²) in [4.78, 5) is 0. The number of hydrogen-bond donors (Lipinski definition) is 1. The Morgan fingerprint density at radius 1 is 1.28 bits per heavy atom. The van der Waals surface area contributed by atoms with Crippen LogP contribution in [-0.2, 0) is 6.42 Å². The van der Waals surface area contributed by atoms with Gasteiger partial charge in [0.05, 0.1) is 6.07 Å². The number of unbranched alkanes of at least 4 members (excludes halogenated alkanes) is 1. The van der Waals surface area contributed by atoms with Crippen LogP contribution in [0.4, 0.5) is 0 Å². The molecule has 0 aliphatic carbocycles. The Morgan fingerprint density at radius 2 is 2.00 bits per heavy atom. The number of nitrogens with zero attached hydrogens (tertiary/aromatic N) is 1. The zero-order valence-corrected chi connectivity index (χ0v) is 11.3. The van der Waals surface area contributed by atoms with Gasteiger partial charge in [-0.2, -0.15) is 5.26 Å².